The summed E-state index contributed by atoms with van der Waals surface area (Å²) in [5.41, 5.74) is 0. The van der Waals surface area contributed by atoms with Crippen LogP contribution in [0.4, 0.5) is 4.79 Å². The van der Waals surface area contributed by atoms with Gasteiger partial charge in [0.15, 0.2) is 0 Å². The smallest absolute Gasteiger partial charge is 0.320 e. The minimum absolute atomic E-state index is 0.0153. The molecule has 7 nitrogen and oxygen atoms in total. The minimum Gasteiger partial charge on any atom is -0.481 e. The third-order valence-corrected chi connectivity index (χ3v) is 3.34. The van der Waals surface area contributed by atoms with Crippen molar-refractivity contribution >= 4 is 12.0 Å². The van der Waals surface area contributed by atoms with Crippen LogP contribution in [0.5, 0.6) is 0 Å². The second-order valence-corrected chi connectivity index (χ2v) is 5.17. The Hall–Kier alpha value is -1.34. The highest BCUT2D eigenvalue weighted by Gasteiger charge is 2.31. The molecule has 1 saturated heterocycles. The van der Waals surface area contributed by atoms with Crippen molar-refractivity contribution in [2.75, 3.05) is 32.9 Å². The quantitative estimate of drug-likeness (QED) is 0.737. The van der Waals surface area contributed by atoms with E-state index in [2.05, 4.69) is 0 Å². The number of ether oxygens (including phenoxy) is 1. The van der Waals surface area contributed by atoms with Crippen LogP contribution >= 0.6 is 0 Å². The highest BCUT2D eigenvalue weighted by molar-refractivity contribution is 5.75. The Bertz CT molecular complexity index is 335. The van der Waals surface area contributed by atoms with Gasteiger partial charge in [0.2, 0.25) is 0 Å². The number of hydrogen-bond donors (Lipinski definition) is 2. The highest BCUT2D eigenvalue weighted by atomic mass is 16.5. The number of carboxylic acid groups (broad SMARTS) is 1. The van der Waals surface area contributed by atoms with E-state index >= 15 is 0 Å². The molecule has 1 rings (SSSR count). The van der Waals surface area contributed by atoms with Crippen LogP contribution in [0.2, 0.25) is 0 Å². The van der Waals surface area contributed by atoms with Gasteiger partial charge in [-0.3, -0.25) is 4.79 Å². The Morgan fingerprint density at radius 2 is 2.15 bits per heavy atom. The number of aliphatic hydroxyl groups excluding tert-OH is 1. The average molecular weight is 288 g/mol. The van der Waals surface area contributed by atoms with Gasteiger partial charge in [-0.25, -0.2) is 4.79 Å². The first kappa shape index (κ1) is 16.7. The van der Waals surface area contributed by atoms with Crippen molar-refractivity contribution in [2.24, 2.45) is 0 Å². The molecule has 0 aromatic heterocycles. The summed E-state index contributed by atoms with van der Waals surface area (Å²) in [7, 11) is 0. The number of aliphatic hydroxyl groups is 1. The Kier molecular flexibility index (Phi) is 6.74. The van der Waals surface area contributed by atoms with E-state index in [-0.39, 0.29) is 31.1 Å². The monoisotopic (exact) mass is 288 g/mol. The second-order valence-electron chi connectivity index (χ2n) is 5.17. The second kappa shape index (κ2) is 8.06. The zero-order chi connectivity index (χ0) is 15.1. The lowest BCUT2D eigenvalue weighted by molar-refractivity contribution is -0.137. The summed E-state index contributed by atoms with van der Waals surface area (Å²) >= 11 is 0. The zero-order valence-electron chi connectivity index (χ0n) is 12.1. The van der Waals surface area contributed by atoms with Crippen LogP contribution in [0.25, 0.3) is 0 Å². The highest BCUT2D eigenvalue weighted by Crippen LogP contribution is 2.13. The van der Waals surface area contributed by atoms with Crippen molar-refractivity contribution in [1.82, 2.24) is 9.80 Å². The van der Waals surface area contributed by atoms with E-state index in [1.54, 1.807) is 9.80 Å². The molecular weight excluding hydrogens is 264 g/mol. The third kappa shape index (κ3) is 4.64. The van der Waals surface area contributed by atoms with Gasteiger partial charge in [-0.1, -0.05) is 0 Å². The molecule has 2 amide bonds. The van der Waals surface area contributed by atoms with E-state index in [4.69, 9.17) is 9.84 Å². The number of aliphatic carboxylic acids is 1. The minimum atomic E-state index is -0.860. The number of carbonyl (C=O) groups is 2. The Morgan fingerprint density at radius 1 is 1.45 bits per heavy atom. The van der Waals surface area contributed by atoms with Gasteiger partial charge in [0.1, 0.15) is 0 Å². The van der Waals surface area contributed by atoms with E-state index in [0.29, 0.717) is 32.7 Å². The first-order chi connectivity index (χ1) is 9.47. The van der Waals surface area contributed by atoms with Crippen LogP contribution in [0.3, 0.4) is 0 Å². The Morgan fingerprint density at radius 3 is 2.70 bits per heavy atom. The summed E-state index contributed by atoms with van der Waals surface area (Å²) in [4.78, 5) is 26.3. The summed E-state index contributed by atoms with van der Waals surface area (Å²) in [6.45, 7) is 5.31. The fourth-order valence-electron chi connectivity index (χ4n) is 2.20. The van der Waals surface area contributed by atoms with Crippen LogP contribution in [0.1, 0.15) is 26.7 Å². The maximum atomic E-state index is 12.5. The van der Waals surface area contributed by atoms with Crippen molar-refractivity contribution in [3.63, 3.8) is 0 Å². The molecule has 7 heteroatoms. The number of carboxylic acids is 1. The van der Waals surface area contributed by atoms with E-state index in [0.717, 1.165) is 0 Å². The summed E-state index contributed by atoms with van der Waals surface area (Å²) < 4.78 is 5.26. The van der Waals surface area contributed by atoms with Gasteiger partial charge in [-0.2, -0.15) is 0 Å². The molecule has 1 heterocycles. The molecule has 1 aliphatic rings. The molecule has 1 aliphatic heterocycles. The number of urea groups is 1. The third-order valence-electron chi connectivity index (χ3n) is 3.34. The number of rotatable bonds is 6. The van der Waals surface area contributed by atoms with Crippen LogP contribution in [0.15, 0.2) is 0 Å². The largest absolute Gasteiger partial charge is 0.481 e. The summed E-state index contributed by atoms with van der Waals surface area (Å²) in [6.07, 6.45) is 0.469. The lowest BCUT2D eigenvalue weighted by Gasteiger charge is -2.39. The number of morpholine rings is 1. The maximum absolute atomic E-state index is 12.5. The predicted molar refractivity (Wildman–Crippen MR) is 72.5 cm³/mol. The summed E-state index contributed by atoms with van der Waals surface area (Å²) in [5, 5.41) is 18.0. The lowest BCUT2D eigenvalue weighted by Crippen LogP contribution is -2.56. The molecular formula is C13H24N2O5. The van der Waals surface area contributed by atoms with Crippen LogP contribution < -0.4 is 0 Å². The van der Waals surface area contributed by atoms with Crippen molar-refractivity contribution in [3.05, 3.63) is 0 Å². The van der Waals surface area contributed by atoms with Crippen molar-refractivity contribution < 1.29 is 24.5 Å². The van der Waals surface area contributed by atoms with E-state index < -0.39 is 5.97 Å². The van der Waals surface area contributed by atoms with Crippen molar-refractivity contribution in [1.29, 1.82) is 0 Å². The van der Waals surface area contributed by atoms with Crippen LogP contribution in [-0.2, 0) is 9.53 Å². The molecule has 0 saturated carbocycles. The van der Waals surface area contributed by atoms with Crippen LogP contribution in [0, 0.1) is 0 Å². The SMILES string of the molecule is CC(C)N(CCCC(=O)O)C(=O)N1CCOCC1CO. The summed E-state index contributed by atoms with van der Waals surface area (Å²) in [6, 6.07) is -0.497. The van der Waals surface area contributed by atoms with Gasteiger partial charge in [0.25, 0.3) is 0 Å². The molecule has 20 heavy (non-hydrogen) atoms. The molecule has 1 unspecified atom stereocenters. The Labute approximate surface area is 119 Å². The molecule has 0 radical (unpaired) electrons. The molecule has 1 fully saturated rings. The first-order valence-electron chi connectivity index (χ1n) is 6.95. The lowest BCUT2D eigenvalue weighted by atomic mass is 10.2. The molecule has 0 aromatic carbocycles. The first-order valence-corrected chi connectivity index (χ1v) is 6.95. The van der Waals surface area contributed by atoms with E-state index in [1.807, 2.05) is 13.8 Å². The number of nitrogens with zero attached hydrogens (tertiary/aromatic N) is 2. The van der Waals surface area contributed by atoms with E-state index in [1.165, 1.54) is 0 Å². The molecule has 0 bridgehead atoms. The average Bonchev–Trinajstić information content (AvgIpc) is 2.42. The zero-order valence-corrected chi connectivity index (χ0v) is 12.1. The van der Waals surface area contributed by atoms with E-state index in [9.17, 15) is 14.7 Å². The number of carbonyl (C=O) groups excluding carboxylic acids is 1. The molecule has 1 atom stereocenters. The fraction of sp³-hybridized carbons (Fsp3) is 0.846. The van der Waals surface area contributed by atoms with Gasteiger partial charge in [0.05, 0.1) is 25.9 Å². The number of amides is 2. The molecule has 2 N–H and O–H groups in total. The maximum Gasteiger partial charge on any atom is 0.320 e. The molecule has 0 aromatic rings. The van der Waals surface area contributed by atoms with Gasteiger partial charge in [-0.05, 0) is 20.3 Å². The normalized spacial score (nSPS) is 19.2. The fourth-order valence-corrected chi connectivity index (χ4v) is 2.20. The van der Waals surface area contributed by atoms with Gasteiger partial charge in [-0.15, -0.1) is 0 Å². The van der Waals surface area contributed by atoms with Crippen molar-refractivity contribution in [2.45, 2.75) is 38.8 Å². The molecule has 0 aliphatic carbocycles. The van der Waals surface area contributed by atoms with Gasteiger partial charge < -0.3 is 24.7 Å². The van der Waals surface area contributed by atoms with Crippen molar-refractivity contribution in [3.8, 4) is 0 Å². The standard InChI is InChI=1S/C13H24N2O5/c1-10(2)14(5-3-4-12(17)18)13(19)15-6-7-20-9-11(15)8-16/h10-11,16H,3-9H2,1-2H3,(H,17,18). The topological polar surface area (TPSA) is 90.3 Å². The molecule has 116 valence electrons. The molecule has 0 spiro atoms. The van der Waals surface area contributed by atoms with Gasteiger partial charge >= 0.3 is 12.0 Å². The van der Waals surface area contributed by atoms with Gasteiger partial charge in [0, 0.05) is 25.6 Å². The predicted octanol–water partition coefficient (Wildman–Crippen LogP) is 0.375. The van der Waals surface area contributed by atoms with Crippen LogP contribution in [-0.4, -0.2) is 77.0 Å². The summed E-state index contributed by atoms with van der Waals surface area (Å²) in [5.74, 6) is -0.860. The number of hydrogen-bond acceptors (Lipinski definition) is 4. The Balaban J connectivity index is 2.64.